The second-order valence-corrected chi connectivity index (χ2v) is 4.92. The van der Waals surface area contributed by atoms with Gasteiger partial charge < -0.3 is 10.1 Å². The van der Waals surface area contributed by atoms with E-state index in [2.05, 4.69) is 27.3 Å². The van der Waals surface area contributed by atoms with Gasteiger partial charge in [-0.25, -0.2) is 0 Å². The minimum absolute atomic E-state index is 0.275. The maximum Gasteiger partial charge on any atom is 0.101 e. The largest absolute Gasteiger partial charge is 0.384 e. The summed E-state index contributed by atoms with van der Waals surface area (Å²) in [6.45, 7) is 5.60. The van der Waals surface area contributed by atoms with Gasteiger partial charge in [0.05, 0.1) is 17.4 Å². The van der Waals surface area contributed by atoms with E-state index in [-0.39, 0.29) is 6.10 Å². The van der Waals surface area contributed by atoms with Crippen LogP contribution in [0.2, 0.25) is 0 Å². The van der Waals surface area contributed by atoms with Gasteiger partial charge in [-0.2, -0.15) is 5.26 Å². The molecular formula is C13H17BrN2O. The Morgan fingerprint density at radius 3 is 2.88 bits per heavy atom. The number of nitriles is 1. The van der Waals surface area contributed by atoms with Crippen LogP contribution in [0.15, 0.2) is 22.7 Å². The van der Waals surface area contributed by atoms with E-state index in [1.165, 1.54) is 0 Å². The molecule has 0 amide bonds. The number of hydrogen-bond donors (Lipinski definition) is 1. The molecule has 0 saturated heterocycles. The van der Waals surface area contributed by atoms with Crippen LogP contribution >= 0.6 is 15.9 Å². The molecule has 4 heteroatoms. The highest BCUT2D eigenvalue weighted by atomic mass is 79.9. The predicted molar refractivity (Wildman–Crippen MR) is 73.1 cm³/mol. The molecule has 1 N–H and O–H groups in total. The number of rotatable bonds is 6. The minimum atomic E-state index is 0.275. The molecule has 0 unspecified atom stereocenters. The number of anilines is 1. The molecule has 0 aliphatic heterocycles. The third-order valence-corrected chi connectivity index (χ3v) is 2.68. The van der Waals surface area contributed by atoms with Gasteiger partial charge in [0.1, 0.15) is 6.07 Å². The number of halogens is 1. The van der Waals surface area contributed by atoms with Crippen LogP contribution in [-0.2, 0) is 4.74 Å². The van der Waals surface area contributed by atoms with E-state index in [1.807, 2.05) is 32.0 Å². The van der Waals surface area contributed by atoms with Gasteiger partial charge >= 0.3 is 0 Å². The molecule has 92 valence electrons. The zero-order valence-corrected chi connectivity index (χ0v) is 11.8. The third kappa shape index (κ3) is 5.20. The van der Waals surface area contributed by atoms with Gasteiger partial charge in [0, 0.05) is 17.6 Å². The Morgan fingerprint density at radius 1 is 1.47 bits per heavy atom. The first-order valence-electron chi connectivity index (χ1n) is 5.68. The molecule has 0 fully saturated rings. The highest BCUT2D eigenvalue weighted by Gasteiger charge is 2.01. The molecule has 1 aromatic carbocycles. The summed E-state index contributed by atoms with van der Waals surface area (Å²) in [5.74, 6) is 0. The summed E-state index contributed by atoms with van der Waals surface area (Å²) in [5.41, 5.74) is 1.53. The van der Waals surface area contributed by atoms with Gasteiger partial charge in [0.2, 0.25) is 0 Å². The summed E-state index contributed by atoms with van der Waals surface area (Å²) in [7, 11) is 0. The zero-order chi connectivity index (χ0) is 12.7. The molecule has 1 rings (SSSR count). The summed E-state index contributed by atoms with van der Waals surface area (Å²) in [5, 5.41) is 12.2. The molecular weight excluding hydrogens is 280 g/mol. The lowest BCUT2D eigenvalue weighted by Crippen LogP contribution is -2.09. The van der Waals surface area contributed by atoms with Crippen molar-refractivity contribution >= 4 is 21.6 Å². The molecule has 0 radical (unpaired) electrons. The molecule has 0 aliphatic rings. The Bertz CT molecular complexity index is 399. The number of nitrogens with one attached hydrogen (secondary N) is 1. The van der Waals surface area contributed by atoms with Crippen LogP contribution in [0, 0.1) is 11.3 Å². The van der Waals surface area contributed by atoms with Crippen molar-refractivity contribution < 1.29 is 4.74 Å². The standard InChI is InChI=1S/C13H17BrN2O/c1-10(2)17-7-3-6-16-13-5-4-12(14)8-11(13)9-15/h4-5,8,10,16H,3,6-7H2,1-2H3. The molecule has 1 aromatic rings. The molecule has 0 saturated carbocycles. The van der Waals surface area contributed by atoms with E-state index < -0.39 is 0 Å². The highest BCUT2D eigenvalue weighted by molar-refractivity contribution is 9.10. The van der Waals surface area contributed by atoms with Crippen LogP contribution in [-0.4, -0.2) is 19.3 Å². The predicted octanol–water partition coefficient (Wildman–Crippen LogP) is 3.55. The van der Waals surface area contributed by atoms with Crippen molar-refractivity contribution in [2.75, 3.05) is 18.5 Å². The van der Waals surface area contributed by atoms with Crippen LogP contribution < -0.4 is 5.32 Å². The Balaban J connectivity index is 2.39. The fourth-order valence-electron chi connectivity index (χ4n) is 1.38. The van der Waals surface area contributed by atoms with E-state index in [4.69, 9.17) is 10.00 Å². The van der Waals surface area contributed by atoms with Gasteiger partial charge in [-0.15, -0.1) is 0 Å². The number of hydrogen-bond acceptors (Lipinski definition) is 3. The van der Waals surface area contributed by atoms with E-state index in [1.54, 1.807) is 0 Å². The summed E-state index contributed by atoms with van der Waals surface area (Å²) >= 11 is 3.35. The van der Waals surface area contributed by atoms with Crippen molar-refractivity contribution in [3.63, 3.8) is 0 Å². The van der Waals surface area contributed by atoms with Crippen molar-refractivity contribution in [3.8, 4) is 6.07 Å². The van der Waals surface area contributed by atoms with Crippen molar-refractivity contribution in [1.82, 2.24) is 0 Å². The molecule has 0 aliphatic carbocycles. The lowest BCUT2D eigenvalue weighted by Gasteiger charge is -2.10. The van der Waals surface area contributed by atoms with Crippen molar-refractivity contribution in [1.29, 1.82) is 5.26 Å². The lowest BCUT2D eigenvalue weighted by molar-refractivity contribution is 0.0787. The summed E-state index contributed by atoms with van der Waals surface area (Å²) in [6, 6.07) is 7.82. The molecule has 0 bridgehead atoms. The number of benzene rings is 1. The summed E-state index contributed by atoms with van der Waals surface area (Å²) < 4.78 is 6.36. The minimum Gasteiger partial charge on any atom is -0.384 e. The van der Waals surface area contributed by atoms with Crippen LogP contribution in [0.3, 0.4) is 0 Å². The van der Waals surface area contributed by atoms with Gasteiger partial charge in [0.15, 0.2) is 0 Å². The Labute approximate surface area is 111 Å². The first kappa shape index (κ1) is 14.0. The first-order chi connectivity index (χ1) is 8.13. The van der Waals surface area contributed by atoms with E-state index in [0.29, 0.717) is 5.56 Å². The average Bonchev–Trinajstić information content (AvgIpc) is 2.29. The number of ether oxygens (including phenoxy) is 1. The maximum atomic E-state index is 8.98. The topological polar surface area (TPSA) is 45.0 Å². The van der Waals surface area contributed by atoms with Crippen LogP contribution in [0.5, 0.6) is 0 Å². The number of nitrogens with zero attached hydrogens (tertiary/aromatic N) is 1. The second-order valence-electron chi connectivity index (χ2n) is 4.00. The molecule has 0 aromatic heterocycles. The average molecular weight is 297 g/mol. The van der Waals surface area contributed by atoms with Crippen molar-refractivity contribution in [2.45, 2.75) is 26.4 Å². The second kappa shape index (κ2) is 7.31. The van der Waals surface area contributed by atoms with E-state index >= 15 is 0 Å². The zero-order valence-electron chi connectivity index (χ0n) is 10.2. The first-order valence-corrected chi connectivity index (χ1v) is 6.48. The Hall–Kier alpha value is -1.05. The molecule has 3 nitrogen and oxygen atoms in total. The van der Waals surface area contributed by atoms with Gasteiger partial charge in [-0.3, -0.25) is 0 Å². The van der Waals surface area contributed by atoms with Gasteiger partial charge in [-0.05, 0) is 38.5 Å². The Kier molecular flexibility index (Phi) is 6.03. The highest BCUT2D eigenvalue weighted by Crippen LogP contribution is 2.20. The normalized spacial score (nSPS) is 10.3. The van der Waals surface area contributed by atoms with E-state index in [0.717, 1.165) is 29.7 Å². The summed E-state index contributed by atoms with van der Waals surface area (Å²) in [4.78, 5) is 0. The van der Waals surface area contributed by atoms with Gasteiger partial charge in [-0.1, -0.05) is 15.9 Å². The van der Waals surface area contributed by atoms with Crippen LogP contribution in [0.4, 0.5) is 5.69 Å². The van der Waals surface area contributed by atoms with Crippen LogP contribution in [0.25, 0.3) is 0 Å². The van der Waals surface area contributed by atoms with Gasteiger partial charge in [0.25, 0.3) is 0 Å². The molecule has 0 heterocycles. The maximum absolute atomic E-state index is 8.98. The summed E-state index contributed by atoms with van der Waals surface area (Å²) in [6.07, 6.45) is 1.20. The van der Waals surface area contributed by atoms with Crippen LogP contribution in [0.1, 0.15) is 25.8 Å². The molecule has 0 atom stereocenters. The lowest BCUT2D eigenvalue weighted by atomic mass is 10.2. The molecule has 17 heavy (non-hydrogen) atoms. The fourth-order valence-corrected chi connectivity index (χ4v) is 1.74. The van der Waals surface area contributed by atoms with Crippen molar-refractivity contribution in [3.05, 3.63) is 28.2 Å². The monoisotopic (exact) mass is 296 g/mol. The molecule has 0 spiro atoms. The third-order valence-electron chi connectivity index (χ3n) is 2.19. The van der Waals surface area contributed by atoms with E-state index in [9.17, 15) is 0 Å². The smallest absolute Gasteiger partial charge is 0.101 e. The van der Waals surface area contributed by atoms with Crippen molar-refractivity contribution in [2.24, 2.45) is 0 Å². The SMILES string of the molecule is CC(C)OCCCNc1ccc(Br)cc1C#N. The quantitative estimate of drug-likeness (QED) is 0.817. The fraction of sp³-hybridized carbons (Fsp3) is 0.462. The Morgan fingerprint density at radius 2 is 2.24 bits per heavy atom.